The third-order valence-electron chi connectivity index (χ3n) is 7.98. The van der Waals surface area contributed by atoms with E-state index in [2.05, 4.69) is 21.7 Å². The number of phenolic OH excluding ortho intramolecular Hbond substituents is 1. The number of anilines is 1. The van der Waals surface area contributed by atoms with Crippen LogP contribution in [0.1, 0.15) is 74.8 Å². The van der Waals surface area contributed by atoms with Gasteiger partial charge in [0, 0.05) is 41.3 Å². The molecule has 0 bridgehead atoms. The Labute approximate surface area is 263 Å². The number of nitrogens with zero attached hydrogens (tertiary/aromatic N) is 2. The van der Waals surface area contributed by atoms with E-state index in [0.717, 1.165) is 46.8 Å². The predicted octanol–water partition coefficient (Wildman–Crippen LogP) is 6.55. The lowest BCUT2D eigenvalue weighted by molar-refractivity contribution is 0.0735. The van der Waals surface area contributed by atoms with Crippen LogP contribution in [0, 0.1) is 6.92 Å². The molecule has 44 heavy (non-hydrogen) atoms. The molecule has 3 aromatic carbocycles. The Morgan fingerprint density at radius 3 is 2.64 bits per heavy atom. The minimum absolute atomic E-state index is 0.0121. The quantitative estimate of drug-likeness (QED) is 0.157. The van der Waals surface area contributed by atoms with E-state index in [0.29, 0.717) is 42.7 Å². The van der Waals surface area contributed by atoms with Gasteiger partial charge in [0.2, 0.25) is 0 Å². The van der Waals surface area contributed by atoms with Crippen molar-refractivity contribution >= 4 is 28.8 Å². The van der Waals surface area contributed by atoms with Gasteiger partial charge in [-0.15, -0.1) is 11.3 Å². The van der Waals surface area contributed by atoms with Crippen LogP contribution >= 0.6 is 11.3 Å². The summed E-state index contributed by atoms with van der Waals surface area (Å²) < 4.78 is 5.28. The number of rotatable bonds is 12. The molecule has 2 atom stereocenters. The van der Waals surface area contributed by atoms with E-state index in [9.17, 15) is 14.7 Å². The summed E-state index contributed by atoms with van der Waals surface area (Å²) in [4.78, 5) is 33.0. The molecule has 0 spiro atoms. The van der Waals surface area contributed by atoms with E-state index in [-0.39, 0.29) is 29.6 Å². The van der Waals surface area contributed by atoms with Crippen molar-refractivity contribution in [2.45, 2.75) is 58.0 Å². The summed E-state index contributed by atoms with van der Waals surface area (Å²) in [5.41, 5.74) is 4.78. The number of carbonyl (C=O) groups excluding carboxylic acids is 2. The van der Waals surface area contributed by atoms with Crippen molar-refractivity contribution in [3.8, 4) is 11.5 Å². The molecular formula is C35H40N4O4S. The number of nitrogens with one attached hydrogen (secondary N) is 2. The Bertz CT molecular complexity index is 1600. The first-order valence-corrected chi connectivity index (χ1v) is 16.0. The van der Waals surface area contributed by atoms with E-state index < -0.39 is 0 Å². The van der Waals surface area contributed by atoms with Gasteiger partial charge >= 0.3 is 0 Å². The van der Waals surface area contributed by atoms with Gasteiger partial charge in [0.25, 0.3) is 11.8 Å². The topological polar surface area (TPSA) is 104 Å². The van der Waals surface area contributed by atoms with E-state index >= 15 is 0 Å². The van der Waals surface area contributed by atoms with Crippen LogP contribution in [0.15, 0.2) is 72.1 Å². The molecule has 2 heterocycles. The maximum Gasteiger partial charge on any atom is 0.254 e. The molecule has 1 fully saturated rings. The standard InChI is InChI=1S/C35H40N4O4S/c1-23(12-13-26-14-15-30(32(40)20-26)36-17-16-25-7-4-10-29(19-25)43-3)37-33(41)27-8-5-9-28(21-27)35(42)39-18-6-11-31(39)34-38-24(2)22-44-34/h4-5,7-10,14-15,19-23,31,36,40H,6,11-13,16-18H2,1-3H3,(H,37,41)/t23-,31+/m0/s1. The fraction of sp³-hybridized carbons (Fsp3) is 0.343. The molecular weight excluding hydrogens is 572 g/mol. The molecule has 2 amide bonds. The zero-order chi connectivity index (χ0) is 31.1. The van der Waals surface area contributed by atoms with Crippen molar-refractivity contribution < 1.29 is 19.4 Å². The van der Waals surface area contributed by atoms with E-state index in [1.54, 1.807) is 48.8 Å². The summed E-state index contributed by atoms with van der Waals surface area (Å²) >= 11 is 1.60. The number of carbonyl (C=O) groups is 2. The number of aromatic nitrogens is 1. The second kappa shape index (κ2) is 14.4. The van der Waals surface area contributed by atoms with Crippen molar-refractivity contribution in [1.29, 1.82) is 0 Å². The van der Waals surface area contributed by atoms with Crippen LogP contribution in [-0.2, 0) is 12.8 Å². The number of aryl methyl sites for hydroxylation is 2. The summed E-state index contributed by atoms with van der Waals surface area (Å²) in [6.45, 7) is 5.30. The second-order valence-corrected chi connectivity index (χ2v) is 12.2. The lowest BCUT2D eigenvalue weighted by Gasteiger charge is -2.23. The van der Waals surface area contributed by atoms with Crippen LogP contribution in [0.2, 0.25) is 0 Å². The van der Waals surface area contributed by atoms with Gasteiger partial charge in [-0.2, -0.15) is 0 Å². The highest BCUT2D eigenvalue weighted by atomic mass is 32.1. The Kier molecular flexibility index (Phi) is 10.2. The van der Waals surface area contributed by atoms with Crippen molar-refractivity contribution in [1.82, 2.24) is 15.2 Å². The normalized spacial score (nSPS) is 15.2. The van der Waals surface area contributed by atoms with Crippen LogP contribution in [-0.4, -0.2) is 53.0 Å². The molecule has 0 unspecified atom stereocenters. The second-order valence-electron chi connectivity index (χ2n) is 11.4. The number of likely N-dealkylation sites (tertiary alicyclic amines) is 1. The third kappa shape index (κ3) is 7.77. The van der Waals surface area contributed by atoms with Gasteiger partial charge in [-0.1, -0.05) is 24.3 Å². The molecule has 0 saturated carbocycles. The van der Waals surface area contributed by atoms with Gasteiger partial charge in [0.05, 0.1) is 18.8 Å². The largest absolute Gasteiger partial charge is 0.506 e. The number of hydrogen-bond acceptors (Lipinski definition) is 7. The maximum atomic E-state index is 13.4. The van der Waals surface area contributed by atoms with Crippen LogP contribution in [0.3, 0.4) is 0 Å². The minimum atomic E-state index is -0.209. The summed E-state index contributed by atoms with van der Waals surface area (Å²) in [5.74, 6) is 0.758. The molecule has 1 aliphatic rings. The van der Waals surface area contributed by atoms with Gasteiger partial charge in [-0.3, -0.25) is 9.59 Å². The Balaban J connectivity index is 1.11. The highest BCUT2D eigenvalue weighted by Gasteiger charge is 2.32. The zero-order valence-corrected chi connectivity index (χ0v) is 26.3. The smallest absolute Gasteiger partial charge is 0.254 e. The molecule has 3 N–H and O–H groups in total. The van der Waals surface area contributed by atoms with Crippen molar-refractivity contribution in [2.24, 2.45) is 0 Å². The van der Waals surface area contributed by atoms with Crippen LogP contribution in [0.25, 0.3) is 0 Å². The molecule has 0 aliphatic carbocycles. The van der Waals surface area contributed by atoms with Gasteiger partial charge < -0.3 is 25.4 Å². The first kappa shape index (κ1) is 31.1. The monoisotopic (exact) mass is 612 g/mol. The fourth-order valence-corrected chi connectivity index (χ4v) is 6.51. The summed E-state index contributed by atoms with van der Waals surface area (Å²) in [7, 11) is 1.66. The molecule has 8 nitrogen and oxygen atoms in total. The zero-order valence-electron chi connectivity index (χ0n) is 25.5. The van der Waals surface area contributed by atoms with Crippen molar-refractivity contribution in [3.63, 3.8) is 0 Å². The fourth-order valence-electron chi connectivity index (χ4n) is 5.57. The van der Waals surface area contributed by atoms with Gasteiger partial charge in [-0.05, 0) is 99.5 Å². The molecule has 0 radical (unpaired) electrons. The summed E-state index contributed by atoms with van der Waals surface area (Å²) in [6.07, 6.45) is 4.04. The predicted molar refractivity (Wildman–Crippen MR) is 175 cm³/mol. The highest BCUT2D eigenvalue weighted by molar-refractivity contribution is 7.09. The van der Waals surface area contributed by atoms with Crippen LogP contribution in [0.5, 0.6) is 11.5 Å². The molecule has 1 aliphatic heterocycles. The summed E-state index contributed by atoms with van der Waals surface area (Å²) in [6, 6.07) is 20.5. The van der Waals surface area contributed by atoms with Crippen LogP contribution < -0.4 is 15.4 Å². The van der Waals surface area contributed by atoms with Gasteiger partial charge in [0.1, 0.15) is 16.5 Å². The molecule has 5 rings (SSSR count). The van der Waals surface area contributed by atoms with Gasteiger partial charge in [0.15, 0.2) is 0 Å². The number of thiazole rings is 1. The first-order chi connectivity index (χ1) is 21.3. The molecule has 9 heteroatoms. The Hall–Kier alpha value is -4.37. The van der Waals surface area contributed by atoms with Crippen LogP contribution in [0.4, 0.5) is 5.69 Å². The molecule has 4 aromatic rings. The molecule has 230 valence electrons. The van der Waals surface area contributed by atoms with Crippen molar-refractivity contribution in [3.05, 3.63) is 105 Å². The average Bonchev–Trinajstić information content (AvgIpc) is 3.70. The van der Waals surface area contributed by atoms with E-state index in [1.807, 2.05) is 54.5 Å². The Morgan fingerprint density at radius 2 is 1.86 bits per heavy atom. The summed E-state index contributed by atoms with van der Waals surface area (Å²) in [5, 5.41) is 19.9. The number of hydrogen-bond donors (Lipinski definition) is 3. The maximum absolute atomic E-state index is 13.4. The average molecular weight is 613 g/mol. The number of aromatic hydroxyl groups is 1. The highest BCUT2D eigenvalue weighted by Crippen LogP contribution is 2.35. The lowest BCUT2D eigenvalue weighted by atomic mass is 10.0. The number of methoxy groups -OCH3 is 1. The number of amides is 2. The Morgan fingerprint density at radius 1 is 1.07 bits per heavy atom. The SMILES string of the molecule is COc1cccc(CCNc2ccc(CC[C@H](C)NC(=O)c3cccc(C(=O)N4CCC[C@@H]4c4nc(C)cs4)c3)cc2O)c1. The van der Waals surface area contributed by atoms with E-state index in [1.165, 1.54) is 0 Å². The molecule has 1 aromatic heterocycles. The van der Waals surface area contributed by atoms with Gasteiger partial charge in [-0.25, -0.2) is 4.98 Å². The molecule has 1 saturated heterocycles. The minimum Gasteiger partial charge on any atom is -0.506 e. The first-order valence-electron chi connectivity index (χ1n) is 15.1. The number of ether oxygens (including phenoxy) is 1. The third-order valence-corrected chi connectivity index (χ3v) is 9.04. The van der Waals surface area contributed by atoms with Crippen molar-refractivity contribution in [2.75, 3.05) is 25.5 Å². The number of benzene rings is 3. The number of phenols is 1. The van der Waals surface area contributed by atoms with E-state index in [4.69, 9.17) is 4.74 Å². The lowest BCUT2D eigenvalue weighted by Crippen LogP contribution is -2.33.